The molecule has 0 aliphatic rings. The number of rotatable bonds is 8. The quantitative estimate of drug-likeness (QED) is 0.675. The minimum Gasteiger partial charge on any atom is -0.383 e. The summed E-state index contributed by atoms with van der Waals surface area (Å²) in [6.45, 7) is 2.16. The summed E-state index contributed by atoms with van der Waals surface area (Å²) in [7, 11) is 1.66. The summed E-state index contributed by atoms with van der Waals surface area (Å²) in [5.41, 5.74) is 1.06. The van der Waals surface area contributed by atoms with Gasteiger partial charge >= 0.3 is 0 Å². The molecule has 1 amide bonds. The van der Waals surface area contributed by atoms with E-state index in [2.05, 4.69) is 15.5 Å². The van der Waals surface area contributed by atoms with Crippen molar-refractivity contribution in [2.45, 2.75) is 19.5 Å². The summed E-state index contributed by atoms with van der Waals surface area (Å²) in [5, 5.41) is 12.1. The van der Waals surface area contributed by atoms with E-state index in [1.165, 1.54) is 0 Å². The van der Waals surface area contributed by atoms with Gasteiger partial charge in [0.1, 0.15) is 18.7 Å². The molecule has 3 aromatic rings. The highest BCUT2D eigenvalue weighted by Crippen LogP contribution is 2.14. The number of ether oxygens (including phenoxy) is 1. The molecule has 0 saturated carbocycles. The van der Waals surface area contributed by atoms with Crippen LogP contribution >= 0.6 is 0 Å². The fourth-order valence-electron chi connectivity index (χ4n) is 2.65. The maximum Gasteiger partial charge on any atom is 0.239 e. The van der Waals surface area contributed by atoms with E-state index in [9.17, 15) is 4.79 Å². The molecule has 0 fully saturated rings. The van der Waals surface area contributed by atoms with Crippen molar-refractivity contribution in [2.24, 2.45) is 0 Å². The Balaban J connectivity index is 1.50. The Morgan fingerprint density at radius 1 is 1.25 bits per heavy atom. The van der Waals surface area contributed by atoms with E-state index in [-0.39, 0.29) is 5.91 Å². The molecule has 0 saturated heterocycles. The fraction of sp³-hybridized carbons (Fsp3) is 0.353. The number of carbonyl (C=O) groups excluding carboxylic acids is 1. The number of benzene rings is 1. The van der Waals surface area contributed by atoms with Crippen molar-refractivity contribution in [3.05, 3.63) is 48.7 Å². The van der Waals surface area contributed by atoms with Crippen LogP contribution in [0.3, 0.4) is 0 Å². The molecule has 1 aromatic carbocycles. The molecule has 3 rings (SSSR count). The predicted octanol–water partition coefficient (Wildman–Crippen LogP) is 1.24. The smallest absolute Gasteiger partial charge is 0.239 e. The first-order chi connectivity index (χ1) is 11.8. The van der Waals surface area contributed by atoms with Crippen LogP contribution in [-0.4, -0.2) is 45.5 Å². The van der Waals surface area contributed by atoms with Gasteiger partial charge in [-0.15, -0.1) is 10.2 Å². The van der Waals surface area contributed by atoms with E-state index in [0.29, 0.717) is 32.7 Å². The van der Waals surface area contributed by atoms with E-state index in [1.54, 1.807) is 13.4 Å². The first-order valence-electron chi connectivity index (χ1n) is 7.94. The molecule has 0 atom stereocenters. The zero-order valence-corrected chi connectivity index (χ0v) is 13.7. The summed E-state index contributed by atoms with van der Waals surface area (Å²) in [5.74, 6) is 0.832. The molecule has 0 aliphatic carbocycles. The first kappa shape index (κ1) is 16.2. The Morgan fingerprint density at radius 2 is 2.12 bits per heavy atom. The van der Waals surface area contributed by atoms with Crippen molar-refractivity contribution in [1.29, 1.82) is 0 Å². The number of fused-ring (bicyclic) bond motifs is 1. The van der Waals surface area contributed by atoms with Gasteiger partial charge in [0, 0.05) is 38.3 Å². The van der Waals surface area contributed by atoms with Crippen LogP contribution in [0, 0.1) is 0 Å². The van der Waals surface area contributed by atoms with Crippen LogP contribution < -0.4 is 5.32 Å². The molecule has 24 heavy (non-hydrogen) atoms. The third-order valence-electron chi connectivity index (χ3n) is 3.90. The molecule has 7 heteroatoms. The van der Waals surface area contributed by atoms with Crippen molar-refractivity contribution >= 4 is 16.8 Å². The molecular formula is C17H21N5O2. The van der Waals surface area contributed by atoms with Gasteiger partial charge in [0.15, 0.2) is 0 Å². The first-order valence-corrected chi connectivity index (χ1v) is 7.94. The lowest BCUT2D eigenvalue weighted by molar-refractivity contribution is -0.121. The van der Waals surface area contributed by atoms with Crippen LogP contribution in [0.5, 0.6) is 0 Å². The van der Waals surface area contributed by atoms with Gasteiger partial charge in [-0.25, -0.2) is 0 Å². The number of para-hydroxylation sites is 1. The zero-order valence-electron chi connectivity index (χ0n) is 13.7. The van der Waals surface area contributed by atoms with Crippen LogP contribution in [-0.2, 0) is 29.0 Å². The van der Waals surface area contributed by atoms with Gasteiger partial charge in [-0.1, -0.05) is 18.2 Å². The topological polar surface area (TPSA) is 74.0 Å². The monoisotopic (exact) mass is 327 g/mol. The molecular weight excluding hydrogens is 306 g/mol. The summed E-state index contributed by atoms with van der Waals surface area (Å²) in [6, 6.07) is 10.0. The van der Waals surface area contributed by atoms with Crippen LogP contribution in [0.15, 0.2) is 42.9 Å². The molecule has 0 radical (unpaired) electrons. The van der Waals surface area contributed by atoms with Crippen molar-refractivity contribution in [3.8, 4) is 0 Å². The highest BCUT2D eigenvalue weighted by molar-refractivity contribution is 5.83. The summed E-state index contributed by atoms with van der Waals surface area (Å²) in [6.07, 6.45) is 4.26. The van der Waals surface area contributed by atoms with E-state index in [0.717, 1.165) is 16.7 Å². The van der Waals surface area contributed by atoms with Crippen LogP contribution in [0.2, 0.25) is 0 Å². The zero-order chi connectivity index (χ0) is 16.8. The highest BCUT2D eigenvalue weighted by Gasteiger charge is 2.07. The Bertz CT molecular complexity index is 808. The Kier molecular flexibility index (Phi) is 5.22. The van der Waals surface area contributed by atoms with Gasteiger partial charge in [-0.3, -0.25) is 4.79 Å². The number of nitrogens with one attached hydrogen (secondary N) is 1. The third-order valence-corrected chi connectivity index (χ3v) is 3.90. The van der Waals surface area contributed by atoms with Crippen molar-refractivity contribution in [2.75, 3.05) is 20.3 Å². The predicted molar refractivity (Wildman–Crippen MR) is 90.5 cm³/mol. The fourth-order valence-corrected chi connectivity index (χ4v) is 2.65. The number of nitrogens with zero attached hydrogens (tertiary/aromatic N) is 4. The second-order valence-electron chi connectivity index (χ2n) is 5.54. The molecule has 0 spiro atoms. The van der Waals surface area contributed by atoms with E-state index >= 15 is 0 Å². The molecule has 1 N–H and O–H groups in total. The molecule has 0 bridgehead atoms. The largest absolute Gasteiger partial charge is 0.383 e. The van der Waals surface area contributed by atoms with Crippen molar-refractivity contribution in [1.82, 2.24) is 24.6 Å². The molecule has 7 nitrogen and oxygen atoms in total. The van der Waals surface area contributed by atoms with Crippen LogP contribution in [0.25, 0.3) is 10.9 Å². The van der Waals surface area contributed by atoms with Crippen molar-refractivity contribution in [3.63, 3.8) is 0 Å². The highest BCUT2D eigenvalue weighted by atomic mass is 16.5. The van der Waals surface area contributed by atoms with Gasteiger partial charge in [0.25, 0.3) is 0 Å². The van der Waals surface area contributed by atoms with E-state index < -0.39 is 0 Å². The van der Waals surface area contributed by atoms with Gasteiger partial charge < -0.3 is 19.2 Å². The summed E-state index contributed by atoms with van der Waals surface area (Å²) in [4.78, 5) is 12.1. The standard InChI is InChI=1S/C17H21N5O2/c1-24-11-10-22-13-19-20-16(22)6-8-18-17(23)12-21-9-7-14-4-2-3-5-15(14)21/h2-5,7,9,13H,6,8,10-12H2,1H3,(H,18,23). The lowest BCUT2D eigenvalue weighted by Gasteiger charge is -2.08. The third kappa shape index (κ3) is 3.80. The number of hydrogen-bond donors (Lipinski definition) is 1. The van der Waals surface area contributed by atoms with E-state index in [4.69, 9.17) is 4.74 Å². The molecule has 0 unspecified atom stereocenters. The number of hydrogen-bond acceptors (Lipinski definition) is 4. The second kappa shape index (κ2) is 7.74. The van der Waals surface area contributed by atoms with Crippen molar-refractivity contribution < 1.29 is 9.53 Å². The van der Waals surface area contributed by atoms with Crippen LogP contribution in [0.1, 0.15) is 5.82 Å². The SMILES string of the molecule is COCCn1cnnc1CCNC(=O)Cn1ccc2ccccc21. The maximum absolute atomic E-state index is 12.1. The maximum atomic E-state index is 12.1. The summed E-state index contributed by atoms with van der Waals surface area (Å²) >= 11 is 0. The number of aromatic nitrogens is 4. The average Bonchev–Trinajstić information content (AvgIpc) is 3.20. The molecule has 126 valence electrons. The number of carbonyl (C=O) groups is 1. The Labute approximate surface area is 140 Å². The summed E-state index contributed by atoms with van der Waals surface area (Å²) < 4.78 is 8.95. The average molecular weight is 327 g/mol. The van der Waals surface area contributed by atoms with Gasteiger partial charge in [-0.2, -0.15) is 0 Å². The van der Waals surface area contributed by atoms with E-state index in [1.807, 2.05) is 45.7 Å². The van der Waals surface area contributed by atoms with Gasteiger partial charge in [0.2, 0.25) is 5.91 Å². The Hall–Kier alpha value is -2.67. The second-order valence-corrected chi connectivity index (χ2v) is 5.54. The lowest BCUT2D eigenvalue weighted by atomic mass is 10.2. The number of methoxy groups -OCH3 is 1. The van der Waals surface area contributed by atoms with Gasteiger partial charge in [-0.05, 0) is 17.5 Å². The minimum absolute atomic E-state index is 0.0145. The molecule has 0 aliphatic heterocycles. The minimum atomic E-state index is -0.0145. The van der Waals surface area contributed by atoms with Gasteiger partial charge in [0.05, 0.1) is 6.61 Å². The normalized spacial score (nSPS) is 11.0. The number of amides is 1. The molecule has 2 aromatic heterocycles. The van der Waals surface area contributed by atoms with Crippen LogP contribution in [0.4, 0.5) is 0 Å². The Morgan fingerprint density at radius 3 is 3.00 bits per heavy atom. The molecule has 2 heterocycles. The lowest BCUT2D eigenvalue weighted by Crippen LogP contribution is -2.29.